The lowest BCUT2D eigenvalue weighted by molar-refractivity contribution is 0.530. The number of hydrogen-bond donors (Lipinski definition) is 1. The van der Waals surface area contributed by atoms with E-state index >= 15 is 0 Å². The Morgan fingerprint density at radius 2 is 1.83 bits per heavy atom. The van der Waals surface area contributed by atoms with E-state index < -0.39 is 0 Å². The number of aliphatic imine (C=N–C) groups is 3. The van der Waals surface area contributed by atoms with E-state index in [1.54, 1.807) is 0 Å². The largest absolute Gasteiger partial charge is 0.354 e. The van der Waals surface area contributed by atoms with E-state index in [0.717, 1.165) is 57.0 Å². The van der Waals surface area contributed by atoms with Gasteiger partial charge in [0.05, 0.1) is 19.6 Å². The van der Waals surface area contributed by atoms with Crippen LogP contribution in [0.4, 0.5) is 0 Å². The highest BCUT2D eigenvalue weighted by Gasteiger charge is 2.32. The quantitative estimate of drug-likeness (QED) is 0.725. The Kier molecular flexibility index (Phi) is 2.93. The summed E-state index contributed by atoms with van der Waals surface area (Å²) in [4.78, 5) is 18.2. The van der Waals surface area contributed by atoms with Crippen molar-refractivity contribution in [2.45, 2.75) is 13.8 Å². The molecule has 18 heavy (non-hydrogen) atoms. The van der Waals surface area contributed by atoms with Crippen LogP contribution in [0.2, 0.25) is 0 Å². The van der Waals surface area contributed by atoms with Crippen molar-refractivity contribution in [2.24, 2.45) is 20.9 Å². The first kappa shape index (κ1) is 11.5. The average molecular weight is 250 g/mol. The van der Waals surface area contributed by atoms with Crippen LogP contribution < -0.4 is 5.32 Å². The molecular weight excluding hydrogens is 228 g/mol. The van der Waals surface area contributed by atoms with Crippen LogP contribution in [0.15, 0.2) is 15.0 Å². The number of guanidine groups is 2. The molecule has 3 aliphatic rings. The average Bonchev–Trinajstić information content (AvgIpc) is 3.10. The van der Waals surface area contributed by atoms with Gasteiger partial charge in [0, 0.05) is 27.0 Å². The van der Waals surface area contributed by atoms with Crippen molar-refractivity contribution in [3.63, 3.8) is 0 Å². The second-order valence-electron chi connectivity index (χ2n) is 5.01. The first-order valence-corrected chi connectivity index (χ1v) is 6.69. The van der Waals surface area contributed by atoms with Gasteiger partial charge in [-0.2, -0.15) is 0 Å². The fourth-order valence-electron chi connectivity index (χ4n) is 2.59. The van der Waals surface area contributed by atoms with E-state index in [1.807, 2.05) is 0 Å². The summed E-state index contributed by atoms with van der Waals surface area (Å²) in [6, 6.07) is 0. The van der Waals surface area contributed by atoms with Gasteiger partial charge in [0.1, 0.15) is 5.84 Å². The molecule has 0 spiro atoms. The number of amidine groups is 1. The Hall–Kier alpha value is -1.59. The van der Waals surface area contributed by atoms with Gasteiger partial charge in [0.25, 0.3) is 0 Å². The lowest BCUT2D eigenvalue weighted by Gasteiger charge is -2.29. The van der Waals surface area contributed by atoms with E-state index in [-0.39, 0.29) is 1.43 Å². The van der Waals surface area contributed by atoms with Gasteiger partial charge in [-0.25, -0.2) is 0 Å². The van der Waals surface area contributed by atoms with E-state index in [9.17, 15) is 0 Å². The molecule has 0 fully saturated rings. The SMILES string of the molecule is CC(C)C1=NCCN1C1=NCCN1C1=NCCN1.[HH]. The van der Waals surface area contributed by atoms with Crippen LogP contribution in [-0.4, -0.2) is 66.8 Å². The summed E-state index contributed by atoms with van der Waals surface area (Å²) in [6.45, 7) is 9.75. The zero-order valence-corrected chi connectivity index (χ0v) is 11.1. The van der Waals surface area contributed by atoms with E-state index in [2.05, 4.69) is 43.9 Å². The van der Waals surface area contributed by atoms with Crippen molar-refractivity contribution in [1.82, 2.24) is 15.1 Å². The lowest BCUT2D eigenvalue weighted by Crippen LogP contribution is -2.50. The van der Waals surface area contributed by atoms with Crippen LogP contribution in [-0.2, 0) is 0 Å². The van der Waals surface area contributed by atoms with Gasteiger partial charge < -0.3 is 5.32 Å². The number of hydrogen-bond acceptors (Lipinski definition) is 6. The molecule has 0 aromatic heterocycles. The minimum atomic E-state index is 0. The van der Waals surface area contributed by atoms with Gasteiger partial charge >= 0.3 is 0 Å². The van der Waals surface area contributed by atoms with Crippen molar-refractivity contribution in [3.8, 4) is 0 Å². The van der Waals surface area contributed by atoms with Crippen molar-refractivity contribution < 1.29 is 1.43 Å². The maximum atomic E-state index is 4.64. The molecule has 0 unspecified atom stereocenters. The summed E-state index contributed by atoms with van der Waals surface area (Å²) in [5.74, 6) is 3.59. The molecule has 0 amide bonds. The summed E-state index contributed by atoms with van der Waals surface area (Å²) in [7, 11) is 0. The smallest absolute Gasteiger partial charge is 0.209 e. The highest BCUT2D eigenvalue weighted by molar-refractivity contribution is 6.08. The predicted octanol–water partition coefficient (Wildman–Crippen LogP) is 0.233. The standard InChI is InChI=1S/C12H20N6.H2/c1-9(2)10-13-5-7-17(10)12-16-6-8-18(12)11-14-3-4-15-11;/h9H,3-8H2,1-2H3,(H,14,15);1H. The molecule has 3 rings (SSSR count). The molecule has 100 valence electrons. The predicted molar refractivity (Wildman–Crippen MR) is 75.3 cm³/mol. The van der Waals surface area contributed by atoms with E-state index in [4.69, 9.17) is 0 Å². The summed E-state index contributed by atoms with van der Waals surface area (Å²) in [5.41, 5.74) is 0. The fourth-order valence-corrected chi connectivity index (χ4v) is 2.59. The van der Waals surface area contributed by atoms with Crippen LogP contribution in [0.1, 0.15) is 15.3 Å². The Labute approximate surface area is 109 Å². The Morgan fingerprint density at radius 3 is 2.56 bits per heavy atom. The Balaban J connectivity index is 0.00000133. The van der Waals surface area contributed by atoms with Gasteiger partial charge in [-0.05, 0) is 0 Å². The van der Waals surface area contributed by atoms with Crippen LogP contribution >= 0.6 is 0 Å². The molecule has 0 saturated heterocycles. The highest BCUT2D eigenvalue weighted by Crippen LogP contribution is 2.16. The van der Waals surface area contributed by atoms with Gasteiger partial charge in [-0.1, -0.05) is 13.8 Å². The molecule has 0 radical (unpaired) electrons. The van der Waals surface area contributed by atoms with E-state index in [1.165, 1.54) is 0 Å². The summed E-state index contributed by atoms with van der Waals surface area (Å²) >= 11 is 0. The maximum Gasteiger partial charge on any atom is 0.209 e. The number of nitrogens with one attached hydrogen (secondary N) is 1. The van der Waals surface area contributed by atoms with Gasteiger partial charge in [0.2, 0.25) is 11.9 Å². The van der Waals surface area contributed by atoms with Crippen LogP contribution in [0.3, 0.4) is 0 Å². The Bertz CT molecular complexity index is 428. The third kappa shape index (κ3) is 1.85. The maximum absolute atomic E-state index is 4.64. The van der Waals surface area contributed by atoms with Crippen molar-refractivity contribution in [3.05, 3.63) is 0 Å². The monoisotopic (exact) mass is 250 g/mol. The molecule has 0 aliphatic carbocycles. The third-order valence-electron chi connectivity index (χ3n) is 3.36. The molecule has 0 bridgehead atoms. The molecule has 3 aliphatic heterocycles. The molecule has 6 nitrogen and oxygen atoms in total. The van der Waals surface area contributed by atoms with Crippen LogP contribution in [0, 0.1) is 5.92 Å². The minimum absolute atomic E-state index is 0. The zero-order chi connectivity index (χ0) is 12.5. The van der Waals surface area contributed by atoms with Crippen molar-refractivity contribution >= 4 is 17.8 Å². The molecule has 6 heteroatoms. The fraction of sp³-hybridized carbons (Fsp3) is 0.750. The normalized spacial score (nSPS) is 23.4. The summed E-state index contributed by atoms with van der Waals surface area (Å²) in [5, 5.41) is 3.32. The molecule has 0 aromatic rings. The molecule has 1 N–H and O–H groups in total. The number of rotatable bonds is 1. The number of nitrogens with zero attached hydrogens (tertiary/aromatic N) is 5. The highest BCUT2D eigenvalue weighted by atomic mass is 15.5. The third-order valence-corrected chi connectivity index (χ3v) is 3.36. The van der Waals surface area contributed by atoms with Gasteiger partial charge in [-0.3, -0.25) is 24.8 Å². The van der Waals surface area contributed by atoms with Gasteiger partial charge in [0.15, 0.2) is 0 Å². The van der Waals surface area contributed by atoms with Crippen LogP contribution in [0.5, 0.6) is 0 Å². The lowest BCUT2D eigenvalue weighted by atomic mass is 10.2. The zero-order valence-electron chi connectivity index (χ0n) is 11.1. The summed E-state index contributed by atoms with van der Waals surface area (Å²) < 4.78 is 0. The van der Waals surface area contributed by atoms with Gasteiger partial charge in [-0.15, -0.1) is 0 Å². The molecular formula is C12H22N6. The molecule has 3 heterocycles. The first-order chi connectivity index (χ1) is 8.77. The minimum Gasteiger partial charge on any atom is -0.354 e. The molecule has 0 aromatic carbocycles. The first-order valence-electron chi connectivity index (χ1n) is 6.69. The second-order valence-corrected chi connectivity index (χ2v) is 5.01. The van der Waals surface area contributed by atoms with Crippen molar-refractivity contribution in [1.29, 1.82) is 0 Å². The summed E-state index contributed by atoms with van der Waals surface area (Å²) in [6.07, 6.45) is 0. The topological polar surface area (TPSA) is 55.6 Å². The Morgan fingerprint density at radius 1 is 1.06 bits per heavy atom. The van der Waals surface area contributed by atoms with Crippen molar-refractivity contribution in [2.75, 3.05) is 39.3 Å². The second kappa shape index (κ2) is 4.59. The molecule has 0 atom stereocenters. The molecule has 0 saturated carbocycles. The van der Waals surface area contributed by atoms with E-state index in [0.29, 0.717) is 5.92 Å². The van der Waals surface area contributed by atoms with Crippen LogP contribution in [0.25, 0.3) is 0 Å².